The van der Waals surface area contributed by atoms with E-state index in [1.54, 1.807) is 0 Å². The molecule has 0 saturated carbocycles. The van der Waals surface area contributed by atoms with Gasteiger partial charge in [-0.1, -0.05) is 38.4 Å². The zero-order valence-electron chi connectivity index (χ0n) is 11.6. The first-order valence-corrected chi connectivity index (χ1v) is 6.62. The van der Waals surface area contributed by atoms with Gasteiger partial charge in [0.2, 0.25) is 0 Å². The first-order valence-electron chi connectivity index (χ1n) is 6.62. The third-order valence-corrected chi connectivity index (χ3v) is 2.30. The smallest absolute Gasteiger partial charge is 0.407 e. The summed E-state index contributed by atoms with van der Waals surface area (Å²) in [4.78, 5) is 11.3. The molecule has 0 atom stereocenters. The maximum Gasteiger partial charge on any atom is 0.407 e. The SMILES string of the molecule is [B]CCCCCCCCNC(=O)OC(C)(C)C. The van der Waals surface area contributed by atoms with Gasteiger partial charge in [-0.05, 0) is 27.2 Å². The van der Waals surface area contributed by atoms with E-state index >= 15 is 0 Å². The van der Waals surface area contributed by atoms with Crippen molar-refractivity contribution in [2.24, 2.45) is 0 Å². The molecule has 0 aliphatic carbocycles. The summed E-state index contributed by atoms with van der Waals surface area (Å²) in [6.07, 6.45) is 7.44. The van der Waals surface area contributed by atoms with Crippen LogP contribution < -0.4 is 5.32 Å². The fourth-order valence-electron chi connectivity index (χ4n) is 1.48. The van der Waals surface area contributed by atoms with Crippen LogP contribution in [0.15, 0.2) is 0 Å². The zero-order chi connectivity index (χ0) is 13.1. The van der Waals surface area contributed by atoms with Crippen molar-refractivity contribution < 1.29 is 9.53 Å². The van der Waals surface area contributed by atoms with E-state index in [-0.39, 0.29) is 6.09 Å². The Balaban J connectivity index is 3.25. The van der Waals surface area contributed by atoms with Crippen molar-refractivity contribution in [1.29, 1.82) is 0 Å². The average Bonchev–Trinajstić information content (AvgIpc) is 2.19. The molecule has 1 N–H and O–H groups in total. The minimum Gasteiger partial charge on any atom is -0.444 e. The van der Waals surface area contributed by atoms with Gasteiger partial charge in [0.25, 0.3) is 0 Å². The van der Waals surface area contributed by atoms with Crippen LogP contribution in [0.4, 0.5) is 4.79 Å². The van der Waals surface area contributed by atoms with Gasteiger partial charge >= 0.3 is 6.09 Å². The molecule has 0 unspecified atom stereocenters. The molecule has 0 fully saturated rings. The summed E-state index contributed by atoms with van der Waals surface area (Å²) >= 11 is 0. The molecule has 98 valence electrons. The number of hydrogen-bond donors (Lipinski definition) is 1. The van der Waals surface area contributed by atoms with E-state index in [1.807, 2.05) is 20.8 Å². The van der Waals surface area contributed by atoms with Crippen LogP contribution in [0.5, 0.6) is 0 Å². The lowest BCUT2D eigenvalue weighted by molar-refractivity contribution is 0.0527. The van der Waals surface area contributed by atoms with E-state index < -0.39 is 5.60 Å². The summed E-state index contributed by atoms with van der Waals surface area (Å²) in [6, 6.07) is 0. The fraction of sp³-hybridized carbons (Fsp3) is 0.923. The fourth-order valence-corrected chi connectivity index (χ4v) is 1.48. The van der Waals surface area contributed by atoms with Crippen LogP contribution in [-0.4, -0.2) is 26.1 Å². The summed E-state index contributed by atoms with van der Waals surface area (Å²) in [5.41, 5.74) is -0.410. The van der Waals surface area contributed by atoms with Crippen LogP contribution in [0.3, 0.4) is 0 Å². The van der Waals surface area contributed by atoms with Crippen molar-refractivity contribution >= 4 is 13.9 Å². The minimum atomic E-state index is -0.410. The highest BCUT2D eigenvalue weighted by atomic mass is 16.6. The molecule has 0 saturated heterocycles. The lowest BCUT2D eigenvalue weighted by Gasteiger charge is -2.19. The number of ether oxygens (including phenoxy) is 1. The molecule has 17 heavy (non-hydrogen) atoms. The summed E-state index contributed by atoms with van der Waals surface area (Å²) in [5.74, 6) is 0. The number of unbranched alkanes of at least 4 members (excludes halogenated alkanes) is 5. The minimum absolute atomic E-state index is 0.319. The summed E-state index contributed by atoms with van der Waals surface area (Å²) in [5, 5.41) is 2.76. The molecule has 0 rings (SSSR count). The quantitative estimate of drug-likeness (QED) is 0.520. The first-order chi connectivity index (χ1) is 7.95. The predicted octanol–water partition coefficient (Wildman–Crippen LogP) is 3.44. The average molecular weight is 239 g/mol. The number of hydrogen-bond acceptors (Lipinski definition) is 2. The second-order valence-electron chi connectivity index (χ2n) is 5.34. The van der Waals surface area contributed by atoms with E-state index in [9.17, 15) is 4.79 Å². The standard InChI is InChI=1S/C13H26BNO2/c1-13(2,3)17-12(16)15-11-9-7-5-4-6-8-10-14/h4-11H2,1-3H3,(H,15,16). The van der Waals surface area contributed by atoms with Gasteiger partial charge in [0.1, 0.15) is 5.60 Å². The Morgan fingerprint density at radius 1 is 1.06 bits per heavy atom. The largest absolute Gasteiger partial charge is 0.444 e. The number of amides is 1. The van der Waals surface area contributed by atoms with Gasteiger partial charge in [-0.2, -0.15) is 0 Å². The van der Waals surface area contributed by atoms with Gasteiger partial charge in [0.05, 0.1) is 7.85 Å². The summed E-state index contributed by atoms with van der Waals surface area (Å²) in [7, 11) is 5.41. The topological polar surface area (TPSA) is 38.3 Å². The lowest BCUT2D eigenvalue weighted by atomic mass is 9.98. The highest BCUT2D eigenvalue weighted by Gasteiger charge is 2.15. The number of carbonyl (C=O) groups excluding carboxylic acids is 1. The number of nitrogens with one attached hydrogen (secondary N) is 1. The lowest BCUT2D eigenvalue weighted by Crippen LogP contribution is -2.32. The first kappa shape index (κ1) is 16.3. The highest BCUT2D eigenvalue weighted by Crippen LogP contribution is 2.07. The normalized spacial score (nSPS) is 11.2. The summed E-state index contributed by atoms with van der Waals surface area (Å²) < 4.78 is 5.13. The van der Waals surface area contributed by atoms with Crippen molar-refractivity contribution in [2.45, 2.75) is 71.2 Å². The van der Waals surface area contributed by atoms with Crippen LogP contribution in [-0.2, 0) is 4.74 Å². The number of carbonyl (C=O) groups is 1. The van der Waals surface area contributed by atoms with Crippen molar-refractivity contribution in [3.63, 3.8) is 0 Å². The monoisotopic (exact) mass is 239 g/mol. The van der Waals surface area contributed by atoms with E-state index in [2.05, 4.69) is 5.32 Å². The maximum absolute atomic E-state index is 11.3. The van der Waals surface area contributed by atoms with E-state index in [0.717, 1.165) is 25.6 Å². The Morgan fingerprint density at radius 3 is 2.12 bits per heavy atom. The van der Waals surface area contributed by atoms with Crippen molar-refractivity contribution in [3.05, 3.63) is 0 Å². The van der Waals surface area contributed by atoms with Crippen LogP contribution in [0, 0.1) is 0 Å². The van der Waals surface area contributed by atoms with Gasteiger partial charge in [0, 0.05) is 6.54 Å². The maximum atomic E-state index is 11.3. The molecule has 0 heterocycles. The Hall–Kier alpha value is -0.665. The van der Waals surface area contributed by atoms with Crippen molar-refractivity contribution in [3.8, 4) is 0 Å². The number of alkyl carbamates (subject to hydrolysis) is 1. The zero-order valence-corrected chi connectivity index (χ0v) is 11.6. The molecular formula is C13H26BNO2. The second-order valence-corrected chi connectivity index (χ2v) is 5.34. The predicted molar refractivity (Wildman–Crippen MR) is 72.5 cm³/mol. The molecule has 0 aliphatic rings. The molecule has 1 amide bonds. The molecule has 3 nitrogen and oxygen atoms in total. The molecule has 0 aromatic heterocycles. The Morgan fingerprint density at radius 2 is 1.59 bits per heavy atom. The van der Waals surface area contributed by atoms with Gasteiger partial charge in [0.15, 0.2) is 0 Å². The Kier molecular flexibility index (Phi) is 9.01. The molecule has 4 heteroatoms. The van der Waals surface area contributed by atoms with Gasteiger partial charge < -0.3 is 10.1 Å². The van der Waals surface area contributed by atoms with E-state index in [1.165, 1.54) is 19.3 Å². The Labute approximate surface area is 107 Å². The van der Waals surface area contributed by atoms with Crippen molar-refractivity contribution in [1.82, 2.24) is 5.32 Å². The van der Waals surface area contributed by atoms with Gasteiger partial charge in [-0.25, -0.2) is 4.79 Å². The van der Waals surface area contributed by atoms with Crippen LogP contribution in [0.2, 0.25) is 6.32 Å². The molecular weight excluding hydrogens is 213 g/mol. The molecule has 0 spiro atoms. The number of rotatable bonds is 8. The molecule has 0 aromatic rings. The third kappa shape index (κ3) is 13.3. The highest BCUT2D eigenvalue weighted by molar-refractivity contribution is 6.08. The Bertz CT molecular complexity index is 202. The van der Waals surface area contributed by atoms with Crippen LogP contribution >= 0.6 is 0 Å². The molecule has 0 aromatic carbocycles. The van der Waals surface area contributed by atoms with Crippen LogP contribution in [0.1, 0.15) is 59.3 Å². The van der Waals surface area contributed by atoms with E-state index in [4.69, 9.17) is 12.6 Å². The van der Waals surface area contributed by atoms with Gasteiger partial charge in [-0.3, -0.25) is 0 Å². The van der Waals surface area contributed by atoms with Crippen LogP contribution in [0.25, 0.3) is 0 Å². The van der Waals surface area contributed by atoms with Gasteiger partial charge in [-0.15, -0.1) is 0 Å². The molecule has 0 bridgehead atoms. The molecule has 0 aliphatic heterocycles. The van der Waals surface area contributed by atoms with Crippen molar-refractivity contribution in [2.75, 3.05) is 6.54 Å². The second kappa shape index (κ2) is 9.37. The molecule has 2 radical (unpaired) electrons. The van der Waals surface area contributed by atoms with E-state index in [0.29, 0.717) is 6.54 Å². The summed E-state index contributed by atoms with van der Waals surface area (Å²) in [6.45, 7) is 6.30. The third-order valence-electron chi connectivity index (χ3n) is 2.30.